The summed E-state index contributed by atoms with van der Waals surface area (Å²) in [6, 6.07) is 18.9. The number of amides is 1. The van der Waals surface area contributed by atoms with Crippen LogP contribution < -0.4 is 5.32 Å². The third-order valence-electron chi connectivity index (χ3n) is 5.61. The minimum atomic E-state index is 0.0215. The fourth-order valence-corrected chi connectivity index (χ4v) is 4.39. The number of nitrogens with zero attached hydrogens (tertiary/aromatic N) is 3. The molecule has 0 aliphatic rings. The molecule has 4 aromatic rings. The van der Waals surface area contributed by atoms with E-state index >= 15 is 0 Å². The standard InChI is InChI=1S/C26H28N4OS/c1-18-9-12-22(15-19(18)2)23-16-24-26(27-13-14-30(24)29-23)32-17-25(31)28-20(3)10-11-21-7-5-4-6-8-21/h4-9,12-16,20H,10-11,17H2,1-3H3,(H,28,31). The van der Waals surface area contributed by atoms with E-state index in [1.807, 2.05) is 35.0 Å². The quantitative estimate of drug-likeness (QED) is 0.378. The van der Waals surface area contributed by atoms with Crippen molar-refractivity contribution in [1.29, 1.82) is 0 Å². The minimum Gasteiger partial charge on any atom is -0.353 e. The van der Waals surface area contributed by atoms with E-state index in [1.54, 1.807) is 6.20 Å². The first-order chi connectivity index (χ1) is 15.5. The highest BCUT2D eigenvalue weighted by Gasteiger charge is 2.13. The van der Waals surface area contributed by atoms with Crippen molar-refractivity contribution in [3.05, 3.63) is 83.7 Å². The summed E-state index contributed by atoms with van der Waals surface area (Å²) in [5.41, 5.74) is 6.69. The third-order valence-corrected chi connectivity index (χ3v) is 6.61. The summed E-state index contributed by atoms with van der Waals surface area (Å²) in [6.45, 7) is 6.27. The molecule has 1 unspecified atom stereocenters. The molecule has 0 fully saturated rings. The van der Waals surface area contributed by atoms with E-state index < -0.39 is 0 Å². The van der Waals surface area contributed by atoms with Crippen LogP contribution in [0, 0.1) is 13.8 Å². The van der Waals surface area contributed by atoms with Gasteiger partial charge in [0.1, 0.15) is 5.03 Å². The van der Waals surface area contributed by atoms with E-state index in [4.69, 9.17) is 5.10 Å². The van der Waals surface area contributed by atoms with E-state index in [2.05, 4.69) is 61.4 Å². The molecule has 1 atom stereocenters. The zero-order valence-corrected chi connectivity index (χ0v) is 19.5. The maximum Gasteiger partial charge on any atom is 0.230 e. The van der Waals surface area contributed by atoms with Crippen LogP contribution >= 0.6 is 11.8 Å². The maximum atomic E-state index is 12.5. The Bertz CT molecular complexity index is 1220. The number of thioether (sulfide) groups is 1. The summed E-state index contributed by atoms with van der Waals surface area (Å²) >= 11 is 1.44. The fraction of sp³-hybridized carbons (Fsp3) is 0.269. The van der Waals surface area contributed by atoms with E-state index in [1.165, 1.54) is 28.5 Å². The van der Waals surface area contributed by atoms with E-state index in [-0.39, 0.29) is 11.9 Å². The molecule has 6 heteroatoms. The topological polar surface area (TPSA) is 59.3 Å². The zero-order chi connectivity index (χ0) is 22.5. The van der Waals surface area contributed by atoms with Gasteiger partial charge in [0.15, 0.2) is 0 Å². The molecular formula is C26H28N4OS. The molecule has 0 aliphatic carbocycles. The van der Waals surface area contributed by atoms with Crippen LogP contribution in [0.1, 0.15) is 30.0 Å². The molecule has 32 heavy (non-hydrogen) atoms. The number of aromatic nitrogens is 3. The fourth-order valence-electron chi connectivity index (χ4n) is 3.60. The van der Waals surface area contributed by atoms with E-state index in [9.17, 15) is 4.79 Å². The highest BCUT2D eigenvalue weighted by atomic mass is 32.2. The lowest BCUT2D eigenvalue weighted by atomic mass is 10.0. The van der Waals surface area contributed by atoms with Gasteiger partial charge in [-0.2, -0.15) is 5.10 Å². The van der Waals surface area contributed by atoms with Gasteiger partial charge < -0.3 is 5.32 Å². The number of carbonyl (C=O) groups is 1. The monoisotopic (exact) mass is 444 g/mol. The van der Waals surface area contributed by atoms with Crippen molar-refractivity contribution < 1.29 is 4.79 Å². The largest absolute Gasteiger partial charge is 0.353 e. The molecule has 1 amide bonds. The Hall–Kier alpha value is -3.12. The molecule has 1 N–H and O–H groups in total. The Kier molecular flexibility index (Phi) is 6.90. The summed E-state index contributed by atoms with van der Waals surface area (Å²) in [6.07, 6.45) is 5.44. The lowest BCUT2D eigenvalue weighted by Gasteiger charge is -2.13. The molecular weight excluding hydrogens is 416 g/mol. The summed E-state index contributed by atoms with van der Waals surface area (Å²) in [5.74, 6) is 0.347. The van der Waals surface area contributed by atoms with Crippen LogP contribution in [-0.2, 0) is 11.2 Å². The third kappa shape index (κ3) is 5.37. The number of aryl methyl sites for hydroxylation is 3. The Balaban J connectivity index is 1.38. The number of carbonyl (C=O) groups excluding carboxylic acids is 1. The molecule has 2 aromatic heterocycles. The highest BCUT2D eigenvalue weighted by Crippen LogP contribution is 2.27. The van der Waals surface area contributed by atoms with E-state index in [0.717, 1.165) is 34.6 Å². The predicted octanol–water partition coefficient (Wildman–Crippen LogP) is 5.24. The molecule has 0 radical (unpaired) electrons. The average molecular weight is 445 g/mol. The number of fused-ring (bicyclic) bond motifs is 1. The number of hydrogen-bond donors (Lipinski definition) is 1. The van der Waals surface area contributed by atoms with Crippen LogP contribution in [-0.4, -0.2) is 32.3 Å². The van der Waals surface area contributed by atoms with Crippen molar-refractivity contribution >= 4 is 23.2 Å². The molecule has 0 aliphatic heterocycles. The lowest BCUT2D eigenvalue weighted by molar-refractivity contribution is -0.119. The van der Waals surface area contributed by atoms with Crippen molar-refractivity contribution in [2.45, 2.75) is 44.7 Å². The number of hydrogen-bond acceptors (Lipinski definition) is 4. The van der Waals surface area contributed by atoms with Gasteiger partial charge in [0.2, 0.25) is 5.91 Å². The molecule has 0 saturated heterocycles. The molecule has 0 saturated carbocycles. The van der Waals surface area contributed by atoms with Gasteiger partial charge in [-0.25, -0.2) is 9.50 Å². The first-order valence-electron chi connectivity index (χ1n) is 10.9. The molecule has 4 rings (SSSR count). The van der Waals surface area contributed by atoms with Gasteiger partial charge in [-0.1, -0.05) is 54.2 Å². The number of rotatable bonds is 8. The maximum absolute atomic E-state index is 12.5. The van der Waals surface area contributed by atoms with Gasteiger partial charge in [-0.15, -0.1) is 0 Å². The molecule has 164 valence electrons. The van der Waals surface area contributed by atoms with Crippen LogP contribution in [0.2, 0.25) is 0 Å². The Morgan fingerprint density at radius 2 is 1.91 bits per heavy atom. The Morgan fingerprint density at radius 3 is 2.69 bits per heavy atom. The van der Waals surface area contributed by atoms with Gasteiger partial charge in [-0.05, 0) is 62.4 Å². The molecule has 2 aromatic carbocycles. The van der Waals surface area contributed by atoms with Crippen molar-refractivity contribution in [3.8, 4) is 11.3 Å². The zero-order valence-electron chi connectivity index (χ0n) is 18.7. The van der Waals surface area contributed by atoms with Gasteiger partial charge in [0, 0.05) is 24.0 Å². The summed E-state index contributed by atoms with van der Waals surface area (Å²) in [7, 11) is 0. The SMILES string of the molecule is Cc1ccc(-c2cc3c(SCC(=O)NC(C)CCc4ccccc4)nccn3n2)cc1C. The summed E-state index contributed by atoms with van der Waals surface area (Å²) in [5, 5.41) is 8.61. The summed E-state index contributed by atoms with van der Waals surface area (Å²) < 4.78 is 1.83. The van der Waals surface area contributed by atoms with E-state index in [0.29, 0.717) is 5.75 Å². The second-order valence-electron chi connectivity index (χ2n) is 8.17. The van der Waals surface area contributed by atoms with Crippen LogP contribution in [0.3, 0.4) is 0 Å². The van der Waals surface area contributed by atoms with Crippen molar-refractivity contribution in [2.24, 2.45) is 0 Å². The van der Waals surface area contributed by atoms with Gasteiger partial charge in [0.05, 0.1) is 17.0 Å². The van der Waals surface area contributed by atoms with Crippen LogP contribution in [0.4, 0.5) is 0 Å². The van der Waals surface area contributed by atoms with Crippen molar-refractivity contribution in [3.63, 3.8) is 0 Å². The number of nitrogens with one attached hydrogen (secondary N) is 1. The molecule has 0 spiro atoms. The van der Waals surface area contributed by atoms with Crippen LogP contribution in [0.25, 0.3) is 16.8 Å². The van der Waals surface area contributed by atoms with Gasteiger partial charge >= 0.3 is 0 Å². The van der Waals surface area contributed by atoms with Crippen molar-refractivity contribution in [2.75, 3.05) is 5.75 Å². The lowest BCUT2D eigenvalue weighted by Crippen LogP contribution is -2.34. The van der Waals surface area contributed by atoms with Gasteiger partial charge in [-0.3, -0.25) is 4.79 Å². The molecule has 2 heterocycles. The van der Waals surface area contributed by atoms with Crippen molar-refractivity contribution in [1.82, 2.24) is 19.9 Å². The van der Waals surface area contributed by atoms with Gasteiger partial charge in [0.25, 0.3) is 0 Å². The Labute approximate surface area is 193 Å². The van der Waals surface area contributed by atoms with Crippen LogP contribution in [0.15, 0.2) is 72.0 Å². The number of benzene rings is 2. The first kappa shape index (κ1) is 22.1. The summed E-state index contributed by atoms with van der Waals surface area (Å²) in [4.78, 5) is 17.0. The first-order valence-corrected chi connectivity index (χ1v) is 11.9. The second-order valence-corrected chi connectivity index (χ2v) is 9.14. The minimum absolute atomic E-state index is 0.0215. The molecule has 5 nitrogen and oxygen atoms in total. The predicted molar refractivity (Wildman–Crippen MR) is 131 cm³/mol. The highest BCUT2D eigenvalue weighted by molar-refractivity contribution is 8.00. The average Bonchev–Trinajstić information content (AvgIpc) is 3.24. The second kappa shape index (κ2) is 10.0. The smallest absolute Gasteiger partial charge is 0.230 e. The van der Waals surface area contributed by atoms with Crippen LogP contribution in [0.5, 0.6) is 0 Å². The Morgan fingerprint density at radius 1 is 1.09 bits per heavy atom. The normalized spacial score (nSPS) is 12.1. The molecule has 0 bridgehead atoms.